The van der Waals surface area contributed by atoms with Crippen LogP contribution in [0.3, 0.4) is 0 Å². The molecule has 7 rings (SSSR count). The molecule has 5 aliphatic rings. The normalized spacial score (nSPS) is 30.8. The van der Waals surface area contributed by atoms with E-state index in [9.17, 15) is 4.39 Å². The summed E-state index contributed by atoms with van der Waals surface area (Å²) >= 11 is 6.55. The van der Waals surface area contributed by atoms with E-state index in [1.165, 1.54) is 11.1 Å². The average molecular weight is 540 g/mol. The second kappa shape index (κ2) is 9.42. The lowest BCUT2D eigenvalue weighted by Gasteiger charge is -2.37. The van der Waals surface area contributed by atoms with E-state index < -0.39 is 11.8 Å². The second-order valence-electron chi connectivity index (χ2n) is 11.8. The number of hydrogen-bond donors (Lipinski definition) is 1. The third-order valence-corrected chi connectivity index (χ3v) is 9.86. The van der Waals surface area contributed by atoms with Crippen molar-refractivity contribution in [3.8, 4) is 6.01 Å². The number of benzene rings is 1. The standard InChI is InChI=1S/C29H35ClFN5O2/c30-24-6-1-5-23-21(24)7-10-29(23)15-25-22(17-38-29)26(35-11-2-4-20(32)8-13-35)34-27(33-25)37-18-28-9-3-12-36(28)16-19(31)14-28/h1,5-6,19,32H,2-4,7-18H2/t19-,28+,29?/m1/s1. The molecule has 0 amide bonds. The molecule has 1 aliphatic carbocycles. The fourth-order valence-electron chi connectivity index (χ4n) is 7.53. The van der Waals surface area contributed by atoms with Gasteiger partial charge in [0.25, 0.3) is 0 Å². The lowest BCUT2D eigenvalue weighted by molar-refractivity contribution is -0.0730. The largest absolute Gasteiger partial charge is 0.461 e. The zero-order valence-electron chi connectivity index (χ0n) is 21.8. The number of ether oxygens (including phenoxy) is 2. The van der Waals surface area contributed by atoms with Gasteiger partial charge in [0.2, 0.25) is 0 Å². The lowest BCUT2D eigenvalue weighted by atomic mass is 9.87. The molecule has 1 aromatic heterocycles. The van der Waals surface area contributed by atoms with Crippen molar-refractivity contribution in [2.24, 2.45) is 0 Å². The molecule has 1 spiro atoms. The van der Waals surface area contributed by atoms with E-state index in [2.05, 4.69) is 15.9 Å². The number of hydrogen-bond acceptors (Lipinski definition) is 7. The summed E-state index contributed by atoms with van der Waals surface area (Å²) in [5.74, 6) is 0.870. The van der Waals surface area contributed by atoms with E-state index in [1.807, 2.05) is 12.1 Å². The van der Waals surface area contributed by atoms with Crippen LogP contribution in [-0.4, -0.2) is 65.1 Å². The highest BCUT2D eigenvalue weighted by Crippen LogP contribution is 2.49. The Morgan fingerprint density at radius 3 is 2.95 bits per heavy atom. The summed E-state index contributed by atoms with van der Waals surface area (Å²) in [7, 11) is 0. The number of nitrogens with one attached hydrogen (secondary N) is 1. The van der Waals surface area contributed by atoms with Crippen molar-refractivity contribution in [2.75, 3.05) is 37.7 Å². The fourth-order valence-corrected chi connectivity index (χ4v) is 7.80. The summed E-state index contributed by atoms with van der Waals surface area (Å²) in [4.78, 5) is 14.5. The first-order valence-corrected chi connectivity index (χ1v) is 14.5. The molecular weight excluding hydrogens is 505 g/mol. The minimum atomic E-state index is -0.794. The highest BCUT2D eigenvalue weighted by molar-refractivity contribution is 6.31. The van der Waals surface area contributed by atoms with Gasteiger partial charge in [-0.1, -0.05) is 23.7 Å². The van der Waals surface area contributed by atoms with E-state index in [1.54, 1.807) is 0 Å². The zero-order chi connectivity index (χ0) is 25.9. The maximum atomic E-state index is 14.4. The quantitative estimate of drug-likeness (QED) is 0.589. The van der Waals surface area contributed by atoms with Crippen LogP contribution in [0.25, 0.3) is 0 Å². The van der Waals surface area contributed by atoms with Crippen LogP contribution < -0.4 is 9.64 Å². The first kappa shape index (κ1) is 24.7. The van der Waals surface area contributed by atoms with E-state index in [-0.39, 0.29) is 5.54 Å². The summed E-state index contributed by atoms with van der Waals surface area (Å²) in [6.07, 6.45) is 6.66. The van der Waals surface area contributed by atoms with Crippen LogP contribution in [0.2, 0.25) is 5.02 Å². The van der Waals surface area contributed by atoms with Crippen molar-refractivity contribution in [2.45, 2.75) is 81.7 Å². The van der Waals surface area contributed by atoms with E-state index >= 15 is 0 Å². The Morgan fingerprint density at radius 1 is 1.11 bits per heavy atom. The van der Waals surface area contributed by atoms with Crippen molar-refractivity contribution in [3.63, 3.8) is 0 Å². The Bertz CT molecular complexity index is 1280. The second-order valence-corrected chi connectivity index (χ2v) is 12.2. The van der Waals surface area contributed by atoms with E-state index in [0.29, 0.717) is 38.6 Å². The van der Waals surface area contributed by atoms with Gasteiger partial charge in [-0.05, 0) is 62.3 Å². The molecule has 1 aromatic carbocycles. The molecule has 3 atom stereocenters. The zero-order valence-corrected chi connectivity index (χ0v) is 22.5. The molecule has 1 unspecified atom stereocenters. The number of fused-ring (bicyclic) bond motifs is 4. The average Bonchev–Trinajstić information content (AvgIpc) is 3.49. The van der Waals surface area contributed by atoms with Gasteiger partial charge in [0.05, 0.1) is 23.4 Å². The molecule has 7 nitrogen and oxygen atoms in total. The molecular formula is C29H35ClFN5O2. The van der Waals surface area contributed by atoms with Crippen LogP contribution in [0.5, 0.6) is 6.01 Å². The number of rotatable bonds is 4. The highest BCUT2D eigenvalue weighted by Gasteiger charge is 2.50. The van der Waals surface area contributed by atoms with Gasteiger partial charge in [-0.2, -0.15) is 9.97 Å². The van der Waals surface area contributed by atoms with Crippen LogP contribution in [0.1, 0.15) is 67.3 Å². The topological polar surface area (TPSA) is 74.6 Å². The first-order chi connectivity index (χ1) is 18.4. The number of aromatic nitrogens is 2. The van der Waals surface area contributed by atoms with Crippen LogP contribution in [0.4, 0.5) is 10.2 Å². The number of anilines is 1. The molecule has 2 aromatic rings. The monoisotopic (exact) mass is 539 g/mol. The molecule has 3 fully saturated rings. The van der Waals surface area contributed by atoms with Gasteiger partial charge in [-0.15, -0.1) is 0 Å². The van der Waals surface area contributed by atoms with E-state index in [0.717, 1.165) is 92.4 Å². The minimum Gasteiger partial charge on any atom is -0.461 e. The highest BCUT2D eigenvalue weighted by atomic mass is 35.5. The Hall–Kier alpha value is -2.29. The fraction of sp³-hybridized carbons (Fsp3) is 0.621. The number of halogens is 2. The first-order valence-electron chi connectivity index (χ1n) is 14.1. The molecule has 4 aliphatic heterocycles. The summed E-state index contributed by atoms with van der Waals surface area (Å²) in [5.41, 5.74) is 4.45. The lowest BCUT2D eigenvalue weighted by Crippen LogP contribution is -2.43. The van der Waals surface area contributed by atoms with Gasteiger partial charge in [-0.25, -0.2) is 4.39 Å². The number of nitrogens with zero attached hydrogens (tertiary/aromatic N) is 4. The van der Waals surface area contributed by atoms with Crippen LogP contribution >= 0.6 is 11.6 Å². The van der Waals surface area contributed by atoms with Crippen molar-refractivity contribution in [3.05, 3.63) is 45.6 Å². The predicted octanol–water partition coefficient (Wildman–Crippen LogP) is 5.01. The molecule has 9 heteroatoms. The van der Waals surface area contributed by atoms with Crippen LogP contribution in [-0.2, 0) is 29.8 Å². The summed E-state index contributed by atoms with van der Waals surface area (Å²) < 4.78 is 27.4. The molecule has 38 heavy (non-hydrogen) atoms. The SMILES string of the molecule is N=C1CCCN(c2nc(OC[C@@]34CCCN3C[C@H](F)C4)nc3c2COC2(CCc4c(Cl)cccc42)C3)CC1. The Kier molecular flexibility index (Phi) is 6.13. The van der Waals surface area contributed by atoms with Crippen molar-refractivity contribution >= 4 is 23.1 Å². The smallest absolute Gasteiger partial charge is 0.318 e. The molecule has 0 radical (unpaired) electrons. The minimum absolute atomic E-state index is 0.248. The third-order valence-electron chi connectivity index (χ3n) is 9.51. The van der Waals surface area contributed by atoms with Gasteiger partial charge >= 0.3 is 6.01 Å². The Balaban J connectivity index is 1.23. The van der Waals surface area contributed by atoms with Gasteiger partial charge in [0.15, 0.2) is 0 Å². The maximum absolute atomic E-state index is 14.4. The van der Waals surface area contributed by atoms with Crippen molar-refractivity contribution < 1.29 is 13.9 Å². The van der Waals surface area contributed by atoms with Crippen molar-refractivity contribution in [1.82, 2.24) is 14.9 Å². The molecule has 202 valence electrons. The Labute approximate surface area is 228 Å². The predicted molar refractivity (Wildman–Crippen MR) is 144 cm³/mol. The van der Waals surface area contributed by atoms with Gasteiger partial charge < -0.3 is 19.8 Å². The summed E-state index contributed by atoms with van der Waals surface area (Å²) in [6.45, 7) is 3.88. The van der Waals surface area contributed by atoms with Gasteiger partial charge in [0.1, 0.15) is 18.6 Å². The van der Waals surface area contributed by atoms with Crippen LogP contribution in [0.15, 0.2) is 18.2 Å². The van der Waals surface area contributed by atoms with E-state index in [4.69, 9.17) is 36.5 Å². The molecule has 5 heterocycles. The van der Waals surface area contributed by atoms with Gasteiger partial charge in [-0.3, -0.25) is 4.90 Å². The molecule has 0 bridgehead atoms. The number of alkyl halides is 1. The van der Waals surface area contributed by atoms with Gasteiger partial charge in [0, 0.05) is 55.2 Å². The molecule has 1 N–H and O–H groups in total. The summed E-state index contributed by atoms with van der Waals surface area (Å²) in [5, 5.41) is 9.00. The third kappa shape index (κ3) is 4.11. The van der Waals surface area contributed by atoms with Crippen LogP contribution in [0, 0.1) is 5.41 Å². The molecule has 3 saturated heterocycles. The van der Waals surface area contributed by atoms with Crippen molar-refractivity contribution in [1.29, 1.82) is 5.41 Å². The maximum Gasteiger partial charge on any atom is 0.318 e. The molecule has 0 saturated carbocycles. The Morgan fingerprint density at radius 2 is 2.03 bits per heavy atom. The summed E-state index contributed by atoms with van der Waals surface area (Å²) in [6, 6.07) is 6.48.